The van der Waals surface area contributed by atoms with Crippen molar-refractivity contribution in [2.24, 2.45) is 11.3 Å². The average molecular weight is 285 g/mol. The molecule has 1 aliphatic heterocycles. The molecular weight excluding hydrogens is 258 g/mol. The fraction of sp³-hybridized carbons (Fsp3) is 0.833. The zero-order chi connectivity index (χ0) is 13.9. The summed E-state index contributed by atoms with van der Waals surface area (Å²) in [4.78, 5) is 5.12. The highest BCUT2D eigenvalue weighted by atomic mass is 15.1. The number of hydrogen-bond acceptors (Lipinski definition) is 2. The number of nitrogens with zero attached hydrogens (tertiary/aromatic N) is 2. The number of rotatable bonds is 4. The fourth-order valence-corrected chi connectivity index (χ4v) is 4.93. The lowest BCUT2D eigenvalue weighted by atomic mass is 9.99. The number of imidazole rings is 1. The lowest BCUT2D eigenvalue weighted by Gasteiger charge is -2.23. The summed E-state index contributed by atoms with van der Waals surface area (Å²) in [5.74, 6) is 3.27. The Bertz CT molecular complexity index is 545. The number of hydrogen-bond donors (Lipinski definition) is 1. The SMILES string of the molecule is C1CCC(c2nc3c(n2CC2(C4CC4)CC2)CCNC3)C1. The van der Waals surface area contributed by atoms with Crippen LogP contribution in [0.5, 0.6) is 0 Å². The Kier molecular flexibility index (Phi) is 2.77. The van der Waals surface area contributed by atoms with Crippen molar-refractivity contribution in [3.63, 3.8) is 0 Å². The minimum absolute atomic E-state index is 0.687. The fourth-order valence-electron chi connectivity index (χ4n) is 4.93. The monoisotopic (exact) mass is 285 g/mol. The van der Waals surface area contributed by atoms with Gasteiger partial charge in [0, 0.05) is 37.7 Å². The molecule has 3 saturated carbocycles. The van der Waals surface area contributed by atoms with Gasteiger partial charge in [-0.3, -0.25) is 0 Å². The first kappa shape index (κ1) is 12.7. The average Bonchev–Trinajstić information content (AvgIpc) is 3.40. The van der Waals surface area contributed by atoms with Gasteiger partial charge in [-0.15, -0.1) is 0 Å². The molecule has 3 nitrogen and oxygen atoms in total. The van der Waals surface area contributed by atoms with Crippen LogP contribution in [0, 0.1) is 11.3 Å². The maximum atomic E-state index is 5.12. The van der Waals surface area contributed by atoms with Gasteiger partial charge >= 0.3 is 0 Å². The molecule has 0 aromatic carbocycles. The second-order valence-electron chi connectivity index (χ2n) is 7.99. The Morgan fingerprint density at radius 2 is 1.95 bits per heavy atom. The summed E-state index contributed by atoms with van der Waals surface area (Å²) in [5, 5.41) is 3.51. The van der Waals surface area contributed by atoms with Crippen molar-refractivity contribution in [1.82, 2.24) is 14.9 Å². The van der Waals surface area contributed by atoms with Gasteiger partial charge in [0.1, 0.15) is 5.82 Å². The Morgan fingerprint density at radius 3 is 2.67 bits per heavy atom. The first-order chi connectivity index (χ1) is 10.4. The molecular formula is C18H27N3. The molecule has 2 heterocycles. The molecule has 0 radical (unpaired) electrons. The summed E-state index contributed by atoms with van der Waals surface area (Å²) >= 11 is 0. The minimum Gasteiger partial charge on any atom is -0.331 e. The van der Waals surface area contributed by atoms with Crippen LogP contribution in [0.1, 0.15) is 74.5 Å². The predicted molar refractivity (Wildman–Crippen MR) is 83.2 cm³/mol. The van der Waals surface area contributed by atoms with Crippen LogP contribution in [0.15, 0.2) is 0 Å². The summed E-state index contributed by atoms with van der Waals surface area (Å²) in [5.41, 5.74) is 3.64. The van der Waals surface area contributed by atoms with Gasteiger partial charge in [-0.2, -0.15) is 0 Å². The van der Waals surface area contributed by atoms with E-state index in [4.69, 9.17) is 4.98 Å². The van der Waals surface area contributed by atoms with Crippen LogP contribution in [0.4, 0.5) is 0 Å². The smallest absolute Gasteiger partial charge is 0.112 e. The Hall–Kier alpha value is -0.830. The van der Waals surface area contributed by atoms with E-state index in [-0.39, 0.29) is 0 Å². The molecule has 3 aliphatic carbocycles. The molecule has 0 amide bonds. The van der Waals surface area contributed by atoms with Gasteiger partial charge in [0.25, 0.3) is 0 Å². The second kappa shape index (κ2) is 4.58. The molecule has 0 saturated heterocycles. The van der Waals surface area contributed by atoms with Gasteiger partial charge < -0.3 is 9.88 Å². The van der Waals surface area contributed by atoms with E-state index in [1.807, 2.05) is 0 Å². The molecule has 5 rings (SSSR count). The predicted octanol–water partition coefficient (Wildman–Crippen LogP) is 3.38. The molecule has 4 aliphatic rings. The van der Waals surface area contributed by atoms with Crippen molar-refractivity contribution in [3.8, 4) is 0 Å². The van der Waals surface area contributed by atoms with Crippen molar-refractivity contribution < 1.29 is 0 Å². The van der Waals surface area contributed by atoms with Gasteiger partial charge in [0.2, 0.25) is 0 Å². The van der Waals surface area contributed by atoms with Gasteiger partial charge in [-0.1, -0.05) is 12.8 Å². The highest BCUT2D eigenvalue weighted by Crippen LogP contribution is 2.62. The maximum Gasteiger partial charge on any atom is 0.112 e. The van der Waals surface area contributed by atoms with Crippen molar-refractivity contribution in [1.29, 1.82) is 0 Å². The van der Waals surface area contributed by atoms with Gasteiger partial charge in [0.05, 0.1) is 5.69 Å². The van der Waals surface area contributed by atoms with E-state index >= 15 is 0 Å². The van der Waals surface area contributed by atoms with E-state index in [2.05, 4.69) is 9.88 Å². The van der Waals surface area contributed by atoms with Crippen LogP contribution in [-0.2, 0) is 19.5 Å². The topological polar surface area (TPSA) is 29.9 Å². The number of nitrogens with one attached hydrogen (secondary N) is 1. The maximum absolute atomic E-state index is 5.12. The summed E-state index contributed by atoms with van der Waals surface area (Å²) in [6.45, 7) is 3.43. The number of fused-ring (bicyclic) bond motifs is 1. The Morgan fingerprint density at radius 1 is 1.14 bits per heavy atom. The first-order valence-electron chi connectivity index (χ1n) is 9.15. The largest absolute Gasteiger partial charge is 0.331 e. The zero-order valence-corrected chi connectivity index (χ0v) is 13.0. The van der Waals surface area contributed by atoms with Gasteiger partial charge in [-0.05, 0) is 49.9 Å². The van der Waals surface area contributed by atoms with E-state index in [1.165, 1.54) is 75.9 Å². The van der Waals surface area contributed by atoms with Crippen LogP contribution >= 0.6 is 0 Å². The lowest BCUT2D eigenvalue weighted by Crippen LogP contribution is -2.26. The third-order valence-corrected chi connectivity index (χ3v) is 6.54. The van der Waals surface area contributed by atoms with Crippen molar-refractivity contribution in [3.05, 3.63) is 17.2 Å². The molecule has 0 spiro atoms. The molecule has 0 atom stereocenters. The normalized spacial score (nSPS) is 27.8. The molecule has 1 N–H and O–H groups in total. The zero-order valence-electron chi connectivity index (χ0n) is 13.0. The molecule has 3 heteroatoms. The van der Waals surface area contributed by atoms with Gasteiger partial charge in [0.15, 0.2) is 0 Å². The van der Waals surface area contributed by atoms with Crippen LogP contribution in [0.2, 0.25) is 0 Å². The molecule has 1 aromatic heterocycles. The van der Waals surface area contributed by atoms with Crippen molar-refractivity contribution in [2.75, 3.05) is 6.54 Å². The Labute approximate surface area is 127 Å². The second-order valence-corrected chi connectivity index (χ2v) is 7.99. The number of aromatic nitrogens is 2. The van der Waals surface area contributed by atoms with E-state index < -0.39 is 0 Å². The van der Waals surface area contributed by atoms with Crippen LogP contribution in [0.3, 0.4) is 0 Å². The third kappa shape index (κ3) is 2.08. The van der Waals surface area contributed by atoms with Crippen molar-refractivity contribution in [2.45, 2.75) is 76.8 Å². The quantitative estimate of drug-likeness (QED) is 0.919. The summed E-state index contributed by atoms with van der Waals surface area (Å²) < 4.78 is 2.72. The molecule has 3 fully saturated rings. The highest BCUT2D eigenvalue weighted by molar-refractivity contribution is 5.24. The first-order valence-corrected chi connectivity index (χ1v) is 9.15. The van der Waals surface area contributed by atoms with E-state index in [0.717, 1.165) is 24.9 Å². The summed E-state index contributed by atoms with van der Waals surface area (Å²) in [6, 6.07) is 0. The van der Waals surface area contributed by atoms with Crippen LogP contribution in [0.25, 0.3) is 0 Å². The molecule has 0 bridgehead atoms. The minimum atomic E-state index is 0.687. The third-order valence-electron chi connectivity index (χ3n) is 6.54. The standard InChI is InChI=1S/C18H27N3/c1-2-4-13(3-1)17-20-15-11-19-10-7-16(15)21(17)12-18(8-9-18)14-5-6-14/h13-14,19H,1-12H2. The van der Waals surface area contributed by atoms with Gasteiger partial charge in [-0.25, -0.2) is 4.98 Å². The molecule has 114 valence electrons. The highest BCUT2D eigenvalue weighted by Gasteiger charge is 2.54. The lowest BCUT2D eigenvalue weighted by molar-refractivity contribution is 0.352. The molecule has 1 aromatic rings. The summed E-state index contributed by atoms with van der Waals surface area (Å²) in [6.07, 6.45) is 12.7. The molecule has 21 heavy (non-hydrogen) atoms. The van der Waals surface area contributed by atoms with E-state index in [0.29, 0.717) is 5.41 Å². The van der Waals surface area contributed by atoms with E-state index in [9.17, 15) is 0 Å². The summed E-state index contributed by atoms with van der Waals surface area (Å²) in [7, 11) is 0. The van der Waals surface area contributed by atoms with E-state index in [1.54, 1.807) is 5.69 Å². The molecule has 0 unspecified atom stereocenters. The van der Waals surface area contributed by atoms with Crippen molar-refractivity contribution >= 4 is 0 Å². The van der Waals surface area contributed by atoms with Crippen LogP contribution in [-0.4, -0.2) is 16.1 Å². The van der Waals surface area contributed by atoms with Crippen LogP contribution < -0.4 is 5.32 Å². The Balaban J connectivity index is 1.52.